The Morgan fingerprint density at radius 1 is 1.35 bits per heavy atom. The van der Waals surface area contributed by atoms with Crippen molar-refractivity contribution in [2.75, 3.05) is 17.6 Å². The summed E-state index contributed by atoms with van der Waals surface area (Å²) in [5.74, 6) is 2.64. The van der Waals surface area contributed by atoms with Gasteiger partial charge in [0.05, 0.1) is 0 Å². The van der Waals surface area contributed by atoms with Crippen molar-refractivity contribution >= 4 is 17.7 Å². The van der Waals surface area contributed by atoms with Gasteiger partial charge in [-0.1, -0.05) is 20.8 Å². The van der Waals surface area contributed by atoms with Gasteiger partial charge < -0.3 is 5.32 Å². The summed E-state index contributed by atoms with van der Waals surface area (Å²) in [5.41, 5.74) is 1.03. The van der Waals surface area contributed by atoms with Crippen LogP contribution in [0, 0.1) is 12.8 Å². The Balaban J connectivity index is 2.55. The SMILES string of the molecule is CCCNc1nc(C)cc(SCCC(C)C)n1. The van der Waals surface area contributed by atoms with Crippen LogP contribution < -0.4 is 5.32 Å². The van der Waals surface area contributed by atoms with Crippen molar-refractivity contribution in [3.05, 3.63) is 11.8 Å². The maximum Gasteiger partial charge on any atom is 0.223 e. The van der Waals surface area contributed by atoms with Crippen LogP contribution in [0.2, 0.25) is 0 Å². The number of aromatic nitrogens is 2. The summed E-state index contributed by atoms with van der Waals surface area (Å²) in [5, 5.41) is 4.32. The van der Waals surface area contributed by atoms with Crippen molar-refractivity contribution in [3.8, 4) is 0 Å². The average molecular weight is 253 g/mol. The molecule has 1 N–H and O–H groups in total. The molecule has 96 valence electrons. The van der Waals surface area contributed by atoms with Crippen LogP contribution in [0.25, 0.3) is 0 Å². The highest BCUT2D eigenvalue weighted by Crippen LogP contribution is 2.20. The number of rotatable bonds is 7. The fourth-order valence-electron chi connectivity index (χ4n) is 1.33. The van der Waals surface area contributed by atoms with Crippen molar-refractivity contribution < 1.29 is 0 Å². The molecule has 0 radical (unpaired) electrons. The molecule has 0 aliphatic rings. The fraction of sp³-hybridized carbons (Fsp3) is 0.692. The van der Waals surface area contributed by atoms with E-state index in [0.29, 0.717) is 0 Å². The number of nitrogens with zero attached hydrogens (tertiary/aromatic N) is 2. The van der Waals surface area contributed by atoms with Gasteiger partial charge in [0.2, 0.25) is 5.95 Å². The summed E-state index contributed by atoms with van der Waals surface area (Å²) in [6, 6.07) is 2.06. The molecule has 0 bridgehead atoms. The van der Waals surface area contributed by atoms with Crippen molar-refractivity contribution in [2.45, 2.75) is 45.6 Å². The third-order valence-corrected chi connectivity index (χ3v) is 3.25. The predicted octanol–water partition coefficient (Wildman–Crippen LogP) is 3.75. The third-order valence-electron chi connectivity index (χ3n) is 2.31. The Bertz CT molecular complexity index is 339. The standard InChI is InChI=1S/C13H23N3S/c1-5-7-14-13-15-11(4)9-12(16-13)17-8-6-10(2)3/h9-10H,5-8H2,1-4H3,(H,14,15,16). The smallest absolute Gasteiger partial charge is 0.223 e. The van der Waals surface area contributed by atoms with Gasteiger partial charge in [-0.05, 0) is 37.5 Å². The normalized spacial score (nSPS) is 10.9. The summed E-state index contributed by atoms with van der Waals surface area (Å²) in [6.45, 7) is 9.59. The van der Waals surface area contributed by atoms with Gasteiger partial charge in [0.15, 0.2) is 0 Å². The number of anilines is 1. The Labute approximate surface area is 109 Å². The number of hydrogen-bond acceptors (Lipinski definition) is 4. The quantitative estimate of drug-likeness (QED) is 0.593. The summed E-state index contributed by atoms with van der Waals surface area (Å²) in [6.07, 6.45) is 2.32. The van der Waals surface area contributed by atoms with Gasteiger partial charge in [0, 0.05) is 12.2 Å². The second kappa shape index (κ2) is 7.54. The molecule has 0 aliphatic carbocycles. The zero-order chi connectivity index (χ0) is 12.7. The van der Waals surface area contributed by atoms with Gasteiger partial charge in [-0.3, -0.25) is 0 Å². The minimum Gasteiger partial charge on any atom is -0.354 e. The Morgan fingerprint density at radius 2 is 2.12 bits per heavy atom. The monoisotopic (exact) mass is 253 g/mol. The van der Waals surface area contributed by atoms with Crippen LogP contribution in [0.3, 0.4) is 0 Å². The molecule has 1 heterocycles. The first-order valence-corrected chi connectivity index (χ1v) is 7.32. The summed E-state index contributed by atoms with van der Waals surface area (Å²) < 4.78 is 0. The van der Waals surface area contributed by atoms with Crippen LogP contribution in [0.4, 0.5) is 5.95 Å². The lowest BCUT2D eigenvalue weighted by atomic mass is 10.2. The van der Waals surface area contributed by atoms with Crippen LogP contribution >= 0.6 is 11.8 Å². The largest absolute Gasteiger partial charge is 0.354 e. The molecule has 0 unspecified atom stereocenters. The van der Waals surface area contributed by atoms with Crippen LogP contribution in [0.5, 0.6) is 0 Å². The lowest BCUT2D eigenvalue weighted by Crippen LogP contribution is -2.05. The number of nitrogens with one attached hydrogen (secondary N) is 1. The highest BCUT2D eigenvalue weighted by molar-refractivity contribution is 7.99. The van der Waals surface area contributed by atoms with Crippen molar-refractivity contribution in [3.63, 3.8) is 0 Å². The lowest BCUT2D eigenvalue weighted by Gasteiger charge is -2.08. The van der Waals surface area contributed by atoms with Crippen LogP contribution in [-0.4, -0.2) is 22.3 Å². The highest BCUT2D eigenvalue weighted by atomic mass is 32.2. The van der Waals surface area contributed by atoms with E-state index in [-0.39, 0.29) is 0 Å². The van der Waals surface area contributed by atoms with Gasteiger partial charge in [-0.15, -0.1) is 11.8 Å². The van der Waals surface area contributed by atoms with E-state index < -0.39 is 0 Å². The predicted molar refractivity (Wildman–Crippen MR) is 75.7 cm³/mol. The van der Waals surface area contributed by atoms with E-state index in [9.17, 15) is 0 Å². The molecule has 1 aromatic heterocycles. The van der Waals surface area contributed by atoms with Gasteiger partial charge in [-0.2, -0.15) is 0 Å². The highest BCUT2D eigenvalue weighted by Gasteiger charge is 2.03. The van der Waals surface area contributed by atoms with E-state index in [1.165, 1.54) is 6.42 Å². The molecule has 0 spiro atoms. The number of aryl methyl sites for hydroxylation is 1. The van der Waals surface area contributed by atoms with Gasteiger partial charge in [0.1, 0.15) is 5.03 Å². The van der Waals surface area contributed by atoms with Crippen molar-refractivity contribution in [1.82, 2.24) is 9.97 Å². The van der Waals surface area contributed by atoms with E-state index in [1.54, 1.807) is 0 Å². The fourth-order valence-corrected chi connectivity index (χ4v) is 2.53. The van der Waals surface area contributed by atoms with Crippen LogP contribution in [0.15, 0.2) is 11.1 Å². The number of thioether (sulfide) groups is 1. The zero-order valence-electron chi connectivity index (χ0n) is 11.3. The van der Waals surface area contributed by atoms with Gasteiger partial charge in [-0.25, -0.2) is 9.97 Å². The third kappa shape index (κ3) is 5.91. The molecular weight excluding hydrogens is 230 g/mol. The topological polar surface area (TPSA) is 37.8 Å². The van der Waals surface area contributed by atoms with Crippen molar-refractivity contribution in [1.29, 1.82) is 0 Å². The Morgan fingerprint density at radius 3 is 2.76 bits per heavy atom. The van der Waals surface area contributed by atoms with E-state index in [1.807, 2.05) is 18.7 Å². The maximum atomic E-state index is 4.51. The summed E-state index contributed by atoms with van der Waals surface area (Å²) in [7, 11) is 0. The first-order chi connectivity index (χ1) is 8.11. The van der Waals surface area contributed by atoms with Gasteiger partial charge in [0.25, 0.3) is 0 Å². The molecule has 1 rings (SSSR count). The van der Waals surface area contributed by atoms with E-state index >= 15 is 0 Å². The molecule has 0 saturated carbocycles. The molecule has 4 heteroatoms. The minimum absolute atomic E-state index is 0.753. The second-order valence-electron chi connectivity index (χ2n) is 4.63. The van der Waals surface area contributed by atoms with Crippen molar-refractivity contribution in [2.24, 2.45) is 5.92 Å². The van der Waals surface area contributed by atoms with E-state index in [0.717, 1.165) is 41.3 Å². The Hall–Kier alpha value is -0.770. The first kappa shape index (κ1) is 14.3. The maximum absolute atomic E-state index is 4.51. The van der Waals surface area contributed by atoms with Crippen LogP contribution in [-0.2, 0) is 0 Å². The van der Waals surface area contributed by atoms with Gasteiger partial charge >= 0.3 is 0 Å². The molecule has 17 heavy (non-hydrogen) atoms. The van der Waals surface area contributed by atoms with E-state index in [4.69, 9.17) is 0 Å². The second-order valence-corrected chi connectivity index (χ2v) is 5.74. The molecule has 0 fully saturated rings. The molecule has 0 aromatic carbocycles. The summed E-state index contributed by atoms with van der Waals surface area (Å²) in [4.78, 5) is 8.89. The minimum atomic E-state index is 0.753. The molecule has 0 atom stereocenters. The zero-order valence-corrected chi connectivity index (χ0v) is 12.1. The molecule has 0 aliphatic heterocycles. The molecular formula is C13H23N3S. The molecule has 0 amide bonds. The van der Waals surface area contributed by atoms with E-state index in [2.05, 4.69) is 42.1 Å². The average Bonchev–Trinajstić information content (AvgIpc) is 2.25. The molecule has 3 nitrogen and oxygen atoms in total. The molecule has 0 saturated heterocycles. The number of hydrogen-bond donors (Lipinski definition) is 1. The summed E-state index contributed by atoms with van der Waals surface area (Å²) >= 11 is 1.82. The van der Waals surface area contributed by atoms with Crippen LogP contribution in [0.1, 0.15) is 39.3 Å². The first-order valence-electron chi connectivity index (χ1n) is 6.34. The molecule has 1 aromatic rings. The Kier molecular flexibility index (Phi) is 6.34. The lowest BCUT2D eigenvalue weighted by molar-refractivity contribution is 0.632.